The standard InChI is InChI=1S/C17H17F3N2O3S/c1-2-3-4-7-22(13(23)5-6-14(24)25)9-12-21-16-15(20)10(18)8-11(19)17(16)26-12/h4,7-8H,2-3,5-6,9H2,1H3,(H,24,25). The average molecular weight is 386 g/mol. The minimum absolute atomic E-state index is 0.0848. The molecule has 0 aliphatic rings. The van der Waals surface area contributed by atoms with E-state index in [0.717, 1.165) is 17.8 Å². The number of thiazole rings is 1. The Morgan fingerprint density at radius 1 is 1.27 bits per heavy atom. The highest BCUT2D eigenvalue weighted by Crippen LogP contribution is 2.29. The monoisotopic (exact) mass is 386 g/mol. The molecule has 5 nitrogen and oxygen atoms in total. The predicted molar refractivity (Wildman–Crippen MR) is 91.0 cm³/mol. The number of allylic oxidation sites excluding steroid dienone is 1. The lowest BCUT2D eigenvalue weighted by atomic mass is 10.2. The number of rotatable bonds is 8. The smallest absolute Gasteiger partial charge is 0.303 e. The number of unbranched alkanes of at least 4 members (excludes halogenated alkanes) is 1. The van der Waals surface area contributed by atoms with Gasteiger partial charge in [-0.1, -0.05) is 19.4 Å². The lowest BCUT2D eigenvalue weighted by molar-refractivity contribution is -0.140. The summed E-state index contributed by atoms with van der Waals surface area (Å²) < 4.78 is 40.8. The molecule has 0 bridgehead atoms. The molecule has 1 aromatic carbocycles. The normalized spacial score (nSPS) is 11.4. The molecule has 26 heavy (non-hydrogen) atoms. The van der Waals surface area contributed by atoms with E-state index >= 15 is 0 Å². The number of benzene rings is 1. The topological polar surface area (TPSA) is 70.5 Å². The van der Waals surface area contributed by atoms with Crippen molar-refractivity contribution >= 4 is 33.4 Å². The Hall–Kier alpha value is -2.42. The van der Waals surface area contributed by atoms with E-state index < -0.39 is 34.8 Å². The molecule has 140 valence electrons. The fourth-order valence-electron chi connectivity index (χ4n) is 2.19. The van der Waals surface area contributed by atoms with Gasteiger partial charge >= 0.3 is 5.97 Å². The molecule has 0 aliphatic heterocycles. The van der Waals surface area contributed by atoms with Crippen molar-refractivity contribution < 1.29 is 27.9 Å². The number of hydrogen-bond donors (Lipinski definition) is 1. The lowest BCUT2D eigenvalue weighted by Crippen LogP contribution is -2.25. The number of carboxylic acid groups (broad SMARTS) is 1. The van der Waals surface area contributed by atoms with Gasteiger partial charge in [0.25, 0.3) is 0 Å². The molecule has 1 N–H and O–H groups in total. The van der Waals surface area contributed by atoms with Gasteiger partial charge in [0.1, 0.15) is 16.3 Å². The molecule has 0 radical (unpaired) electrons. The lowest BCUT2D eigenvalue weighted by Gasteiger charge is -2.16. The van der Waals surface area contributed by atoms with Crippen LogP contribution in [0.4, 0.5) is 13.2 Å². The van der Waals surface area contributed by atoms with E-state index in [-0.39, 0.29) is 29.1 Å². The Labute approximate surface area is 151 Å². The average Bonchev–Trinajstić information content (AvgIpc) is 3.01. The van der Waals surface area contributed by atoms with Gasteiger partial charge in [-0.25, -0.2) is 18.2 Å². The van der Waals surface area contributed by atoms with Gasteiger partial charge in [-0.15, -0.1) is 11.3 Å². The largest absolute Gasteiger partial charge is 0.481 e. The molecular weight excluding hydrogens is 369 g/mol. The molecule has 0 saturated heterocycles. The van der Waals surface area contributed by atoms with Crippen molar-refractivity contribution in [3.63, 3.8) is 0 Å². The summed E-state index contributed by atoms with van der Waals surface area (Å²) in [4.78, 5) is 28.0. The third-order valence-corrected chi connectivity index (χ3v) is 4.53. The molecule has 0 saturated carbocycles. The highest BCUT2D eigenvalue weighted by atomic mass is 32.1. The van der Waals surface area contributed by atoms with Crippen LogP contribution in [0.15, 0.2) is 18.3 Å². The van der Waals surface area contributed by atoms with Gasteiger partial charge < -0.3 is 10.0 Å². The molecule has 1 amide bonds. The molecule has 0 unspecified atom stereocenters. The van der Waals surface area contributed by atoms with E-state index in [4.69, 9.17) is 5.11 Å². The fraction of sp³-hybridized carbons (Fsp3) is 0.353. The van der Waals surface area contributed by atoms with E-state index in [1.54, 1.807) is 6.08 Å². The number of nitrogens with zero attached hydrogens (tertiary/aromatic N) is 2. The van der Waals surface area contributed by atoms with E-state index in [2.05, 4.69) is 4.98 Å². The number of aliphatic carboxylic acids is 1. The number of carbonyl (C=O) groups excluding carboxylic acids is 1. The molecule has 0 aliphatic carbocycles. The van der Waals surface area contributed by atoms with Crippen molar-refractivity contribution in [2.45, 2.75) is 39.2 Å². The maximum atomic E-state index is 13.8. The van der Waals surface area contributed by atoms with Gasteiger partial charge in [-0.3, -0.25) is 9.59 Å². The van der Waals surface area contributed by atoms with Crippen molar-refractivity contribution in [3.8, 4) is 0 Å². The Morgan fingerprint density at radius 2 is 2.00 bits per heavy atom. The summed E-state index contributed by atoms with van der Waals surface area (Å²) in [5.74, 6) is -5.05. The molecular formula is C17H17F3N2O3S. The summed E-state index contributed by atoms with van der Waals surface area (Å²) in [6, 6.07) is 0.455. The van der Waals surface area contributed by atoms with Crippen molar-refractivity contribution in [2.75, 3.05) is 0 Å². The second-order valence-electron chi connectivity index (χ2n) is 5.53. The Balaban J connectivity index is 2.28. The van der Waals surface area contributed by atoms with E-state index in [1.807, 2.05) is 6.92 Å². The van der Waals surface area contributed by atoms with Crippen molar-refractivity contribution in [1.29, 1.82) is 0 Å². The number of fused-ring (bicyclic) bond motifs is 1. The number of carbonyl (C=O) groups is 2. The second-order valence-corrected chi connectivity index (χ2v) is 6.61. The van der Waals surface area contributed by atoms with Crippen LogP contribution in [0.5, 0.6) is 0 Å². The number of carboxylic acids is 1. The highest BCUT2D eigenvalue weighted by molar-refractivity contribution is 7.18. The third kappa shape index (κ3) is 4.81. The SMILES string of the molecule is CCCC=CN(Cc1nc2c(F)c(F)cc(F)c2s1)C(=O)CCC(=O)O. The fourth-order valence-corrected chi connectivity index (χ4v) is 3.16. The van der Waals surface area contributed by atoms with E-state index in [1.165, 1.54) is 11.1 Å². The van der Waals surface area contributed by atoms with Gasteiger partial charge in [0.2, 0.25) is 5.91 Å². The van der Waals surface area contributed by atoms with Crippen LogP contribution in [0, 0.1) is 17.5 Å². The minimum atomic E-state index is -1.33. The number of amides is 1. The van der Waals surface area contributed by atoms with Crippen LogP contribution in [-0.4, -0.2) is 26.9 Å². The first-order valence-corrected chi connectivity index (χ1v) is 8.76. The summed E-state index contributed by atoms with van der Waals surface area (Å²) in [7, 11) is 0. The quantitative estimate of drug-likeness (QED) is 0.690. The third-order valence-electron chi connectivity index (χ3n) is 3.48. The zero-order valence-corrected chi connectivity index (χ0v) is 14.8. The molecule has 2 aromatic rings. The van der Waals surface area contributed by atoms with Crippen LogP contribution in [0.25, 0.3) is 10.2 Å². The van der Waals surface area contributed by atoms with Crippen molar-refractivity contribution in [3.05, 3.63) is 40.8 Å². The first-order valence-electron chi connectivity index (χ1n) is 7.94. The Bertz CT molecular complexity index is 851. The molecule has 0 spiro atoms. The molecule has 0 atom stereocenters. The zero-order chi connectivity index (χ0) is 19.3. The van der Waals surface area contributed by atoms with Gasteiger partial charge in [0.15, 0.2) is 11.6 Å². The van der Waals surface area contributed by atoms with E-state index in [0.29, 0.717) is 12.5 Å². The molecule has 1 heterocycles. The van der Waals surface area contributed by atoms with Gasteiger partial charge in [-0.05, 0) is 6.42 Å². The number of hydrogen-bond acceptors (Lipinski definition) is 4. The van der Waals surface area contributed by atoms with Gasteiger partial charge in [-0.2, -0.15) is 0 Å². The van der Waals surface area contributed by atoms with Crippen LogP contribution < -0.4 is 0 Å². The minimum Gasteiger partial charge on any atom is -0.481 e. The van der Waals surface area contributed by atoms with Crippen LogP contribution in [0.1, 0.15) is 37.6 Å². The van der Waals surface area contributed by atoms with Gasteiger partial charge in [0, 0.05) is 18.7 Å². The van der Waals surface area contributed by atoms with Crippen LogP contribution in [-0.2, 0) is 16.1 Å². The van der Waals surface area contributed by atoms with Gasteiger partial charge in [0.05, 0.1) is 17.7 Å². The number of aromatic nitrogens is 1. The second kappa shape index (κ2) is 8.79. The van der Waals surface area contributed by atoms with Crippen LogP contribution >= 0.6 is 11.3 Å². The molecule has 9 heteroatoms. The van der Waals surface area contributed by atoms with Crippen molar-refractivity contribution in [2.24, 2.45) is 0 Å². The summed E-state index contributed by atoms with van der Waals surface area (Å²) in [5.41, 5.74) is -0.419. The maximum absolute atomic E-state index is 13.8. The summed E-state index contributed by atoms with van der Waals surface area (Å²) in [6.07, 6.45) is 4.26. The van der Waals surface area contributed by atoms with Crippen LogP contribution in [0.3, 0.4) is 0 Å². The summed E-state index contributed by atoms with van der Waals surface area (Å²) >= 11 is 0.819. The predicted octanol–water partition coefficient (Wildman–Crippen LogP) is 4.22. The maximum Gasteiger partial charge on any atom is 0.303 e. The Kier molecular flexibility index (Phi) is 6.73. The van der Waals surface area contributed by atoms with E-state index in [9.17, 15) is 22.8 Å². The highest BCUT2D eigenvalue weighted by Gasteiger charge is 2.20. The zero-order valence-electron chi connectivity index (χ0n) is 14.0. The van der Waals surface area contributed by atoms with Crippen molar-refractivity contribution in [1.82, 2.24) is 9.88 Å². The first kappa shape index (κ1) is 19.9. The molecule has 2 rings (SSSR count). The molecule has 0 fully saturated rings. The van der Waals surface area contributed by atoms with Crippen LogP contribution in [0.2, 0.25) is 0 Å². The Morgan fingerprint density at radius 3 is 2.65 bits per heavy atom. The number of halogens is 3. The first-order chi connectivity index (χ1) is 12.3. The molecule has 1 aromatic heterocycles. The summed E-state index contributed by atoms with van der Waals surface area (Å²) in [6.45, 7) is 1.87. The summed E-state index contributed by atoms with van der Waals surface area (Å²) in [5, 5.41) is 8.93.